The van der Waals surface area contributed by atoms with Crippen molar-refractivity contribution in [1.82, 2.24) is 0 Å². The number of methoxy groups -OCH3 is 2. The summed E-state index contributed by atoms with van der Waals surface area (Å²) in [4.78, 5) is 0. The molecule has 6 nitrogen and oxygen atoms in total. The Labute approximate surface area is 132 Å². The van der Waals surface area contributed by atoms with Gasteiger partial charge in [0, 0.05) is 27.4 Å². The average molecular weight is 339 g/mol. The molecular formula is C13H34N2O4Si2. The fourth-order valence-corrected chi connectivity index (χ4v) is 13.2. The summed E-state index contributed by atoms with van der Waals surface area (Å²) >= 11 is 0. The van der Waals surface area contributed by atoms with Crippen LogP contribution in [0.5, 0.6) is 0 Å². The van der Waals surface area contributed by atoms with E-state index in [0.29, 0.717) is 6.54 Å². The van der Waals surface area contributed by atoms with E-state index < -0.39 is 16.1 Å². The Morgan fingerprint density at radius 3 is 2.14 bits per heavy atom. The zero-order valence-electron chi connectivity index (χ0n) is 14.3. The highest BCUT2D eigenvalue weighted by atomic mass is 29.2. The molecule has 21 heavy (non-hydrogen) atoms. The normalized spacial score (nSPS) is 15.4. The summed E-state index contributed by atoms with van der Waals surface area (Å²) in [7, 11) is 0.120. The van der Waals surface area contributed by atoms with Crippen molar-refractivity contribution in [3.05, 3.63) is 0 Å². The maximum atomic E-state index is 6.04. The fourth-order valence-electron chi connectivity index (χ4n) is 2.50. The third-order valence-corrected chi connectivity index (χ3v) is 15.9. The van der Waals surface area contributed by atoms with Crippen molar-refractivity contribution in [2.45, 2.75) is 51.0 Å². The first-order chi connectivity index (χ1) is 9.88. The summed E-state index contributed by atoms with van der Waals surface area (Å²) in [5.74, 6) is -0.130. The minimum Gasteiger partial charge on any atom is -0.406 e. The number of nitrogens with two attached hydrogens (primary N) is 2. The van der Waals surface area contributed by atoms with E-state index in [9.17, 15) is 0 Å². The van der Waals surface area contributed by atoms with Crippen LogP contribution in [0.1, 0.15) is 19.8 Å². The molecular weight excluding hydrogens is 304 g/mol. The molecule has 0 rings (SSSR count). The van der Waals surface area contributed by atoms with Crippen LogP contribution in [0.2, 0.25) is 19.1 Å². The molecule has 0 aromatic heterocycles. The first-order valence-electron chi connectivity index (χ1n) is 7.65. The van der Waals surface area contributed by atoms with Crippen molar-refractivity contribution in [3.8, 4) is 0 Å². The Hall–Kier alpha value is 0.194. The Balaban J connectivity index is 4.46. The molecule has 2 unspecified atom stereocenters. The highest BCUT2D eigenvalue weighted by Gasteiger charge is 2.41. The molecule has 0 spiro atoms. The minimum atomic E-state index is -1.89. The van der Waals surface area contributed by atoms with E-state index in [-0.39, 0.29) is 12.1 Å². The molecule has 0 bridgehead atoms. The lowest BCUT2D eigenvalue weighted by atomic mass is 10.4. The zero-order chi connectivity index (χ0) is 16.3. The zero-order valence-corrected chi connectivity index (χ0v) is 16.4. The first-order valence-corrected chi connectivity index (χ1v) is 13.9. The van der Waals surface area contributed by atoms with Crippen LogP contribution >= 0.6 is 0 Å². The van der Waals surface area contributed by atoms with Gasteiger partial charge in [-0.15, -0.1) is 0 Å². The van der Waals surface area contributed by atoms with E-state index >= 15 is 0 Å². The summed E-state index contributed by atoms with van der Waals surface area (Å²) in [6, 6.07) is 1.07. The molecule has 8 heteroatoms. The smallest absolute Gasteiger partial charge is 0.178 e. The summed E-state index contributed by atoms with van der Waals surface area (Å²) < 4.78 is 22.7. The maximum absolute atomic E-state index is 6.04. The summed E-state index contributed by atoms with van der Waals surface area (Å²) in [6.07, 6.45) is 1.67. The van der Waals surface area contributed by atoms with Gasteiger partial charge in [0.2, 0.25) is 0 Å². The molecule has 0 fully saturated rings. The second-order valence-corrected chi connectivity index (χ2v) is 17.9. The molecule has 2 atom stereocenters. The topological polar surface area (TPSA) is 89.0 Å². The van der Waals surface area contributed by atoms with Crippen molar-refractivity contribution in [2.75, 3.05) is 34.0 Å². The van der Waals surface area contributed by atoms with Crippen molar-refractivity contribution in [1.29, 1.82) is 0 Å². The van der Waals surface area contributed by atoms with Crippen LogP contribution in [0.25, 0.3) is 0 Å². The van der Waals surface area contributed by atoms with E-state index in [0.717, 1.165) is 32.1 Å². The van der Waals surface area contributed by atoms with Gasteiger partial charge < -0.3 is 30.1 Å². The van der Waals surface area contributed by atoms with Crippen molar-refractivity contribution in [2.24, 2.45) is 11.5 Å². The highest BCUT2D eigenvalue weighted by molar-refractivity contribution is 7.29. The molecule has 4 N–H and O–H groups in total. The first kappa shape index (κ1) is 21.2. The monoisotopic (exact) mass is 338 g/mol. The molecule has 0 aromatic rings. The van der Waals surface area contributed by atoms with Gasteiger partial charge in [-0.3, -0.25) is 0 Å². The largest absolute Gasteiger partial charge is 0.406 e. The molecule has 0 saturated carbocycles. The van der Waals surface area contributed by atoms with Crippen molar-refractivity contribution >= 4 is 16.1 Å². The summed E-state index contributed by atoms with van der Waals surface area (Å²) in [5, 5.41) is 0. The van der Waals surface area contributed by atoms with Gasteiger partial charge >= 0.3 is 0 Å². The quantitative estimate of drug-likeness (QED) is 0.292. The van der Waals surface area contributed by atoms with Gasteiger partial charge in [-0.1, -0.05) is 6.04 Å². The van der Waals surface area contributed by atoms with Crippen LogP contribution in [0, 0.1) is 0 Å². The van der Waals surface area contributed by atoms with Gasteiger partial charge in [-0.05, 0) is 39.4 Å². The number of hydrogen-bond donors (Lipinski definition) is 2. The second-order valence-electron chi connectivity index (χ2n) is 5.77. The average Bonchev–Trinajstić information content (AvgIpc) is 2.40. The van der Waals surface area contributed by atoms with Crippen molar-refractivity contribution < 1.29 is 18.6 Å². The maximum Gasteiger partial charge on any atom is 0.178 e. The number of hydrogen-bond acceptors (Lipinski definition) is 6. The lowest BCUT2D eigenvalue weighted by molar-refractivity contribution is -0.0464. The van der Waals surface area contributed by atoms with Gasteiger partial charge in [0.1, 0.15) is 14.2 Å². The van der Waals surface area contributed by atoms with Gasteiger partial charge in [0.25, 0.3) is 0 Å². The van der Waals surface area contributed by atoms with Crippen molar-refractivity contribution in [3.63, 3.8) is 0 Å². The van der Waals surface area contributed by atoms with Crippen LogP contribution in [0.3, 0.4) is 0 Å². The lowest BCUT2D eigenvalue weighted by Gasteiger charge is -2.36. The molecule has 0 aliphatic carbocycles. The van der Waals surface area contributed by atoms with Crippen LogP contribution in [0.15, 0.2) is 0 Å². The molecule has 0 aliphatic rings. The second kappa shape index (κ2) is 11.7. The SMILES string of the molecule is COC(OC)[SiH](CCCOCCCN)[Si](C)(C)OC(C)N. The van der Waals surface area contributed by atoms with Crippen LogP contribution < -0.4 is 11.5 Å². The minimum absolute atomic E-state index is 0.130. The predicted molar refractivity (Wildman–Crippen MR) is 91.1 cm³/mol. The highest BCUT2D eigenvalue weighted by Crippen LogP contribution is 2.20. The molecule has 128 valence electrons. The predicted octanol–water partition coefficient (Wildman–Crippen LogP) is 0.732. The summed E-state index contributed by atoms with van der Waals surface area (Å²) in [5.41, 5.74) is 11.3. The van der Waals surface area contributed by atoms with Crippen LogP contribution in [0.4, 0.5) is 0 Å². The van der Waals surface area contributed by atoms with E-state index in [4.69, 9.17) is 30.1 Å². The number of rotatable bonds is 13. The molecule has 0 amide bonds. The number of ether oxygens (including phenoxy) is 3. The Morgan fingerprint density at radius 1 is 1.10 bits per heavy atom. The van der Waals surface area contributed by atoms with E-state index in [1.54, 1.807) is 14.2 Å². The van der Waals surface area contributed by atoms with Gasteiger partial charge in [-0.25, -0.2) is 0 Å². The third-order valence-electron chi connectivity index (χ3n) is 3.47. The van der Waals surface area contributed by atoms with Gasteiger partial charge in [0.15, 0.2) is 7.83 Å². The van der Waals surface area contributed by atoms with Gasteiger partial charge in [-0.2, -0.15) is 0 Å². The summed E-state index contributed by atoms with van der Waals surface area (Å²) in [6.45, 7) is 8.48. The molecule has 0 saturated heterocycles. The van der Waals surface area contributed by atoms with Gasteiger partial charge in [0.05, 0.1) is 6.23 Å². The third kappa shape index (κ3) is 9.04. The van der Waals surface area contributed by atoms with E-state index in [1.165, 1.54) is 0 Å². The Bertz CT molecular complexity index is 254. The standard InChI is InChI=1S/C13H34N2O4Si2/c1-12(15)19-21(4,5)20(13(16-2)17-3)11-7-10-18-9-6-8-14/h12-13,20H,6-11,14-15H2,1-5H3. The Kier molecular flexibility index (Phi) is 11.8. The van der Waals surface area contributed by atoms with E-state index in [1.807, 2.05) is 6.92 Å². The lowest BCUT2D eigenvalue weighted by Crippen LogP contribution is -2.58. The fraction of sp³-hybridized carbons (Fsp3) is 1.00. The molecule has 0 aromatic carbocycles. The van der Waals surface area contributed by atoms with Crippen LogP contribution in [-0.2, 0) is 18.6 Å². The molecule has 0 radical (unpaired) electrons. The van der Waals surface area contributed by atoms with Crippen LogP contribution in [-0.4, -0.2) is 62.3 Å². The van der Waals surface area contributed by atoms with E-state index in [2.05, 4.69) is 13.1 Å². The Morgan fingerprint density at radius 2 is 1.67 bits per heavy atom. The molecule has 0 aliphatic heterocycles. The molecule has 0 heterocycles.